The lowest BCUT2D eigenvalue weighted by atomic mass is 9.86. The minimum absolute atomic E-state index is 0.0195. The fourth-order valence-corrected chi connectivity index (χ4v) is 5.90. The van der Waals surface area contributed by atoms with Crippen LogP contribution in [0.2, 0.25) is 0 Å². The summed E-state index contributed by atoms with van der Waals surface area (Å²) in [5.74, 6) is -1.33. The van der Waals surface area contributed by atoms with Gasteiger partial charge in [-0.2, -0.15) is 0 Å². The van der Waals surface area contributed by atoms with E-state index in [1.165, 1.54) is 62.4 Å². The first kappa shape index (κ1) is 27.3. The second-order valence-corrected chi connectivity index (χ2v) is 11.6. The van der Waals surface area contributed by atoms with Crippen molar-refractivity contribution >= 4 is 21.7 Å². The number of fused-ring (bicyclic) bond motifs is 1. The number of carboxylic acids is 1. The van der Waals surface area contributed by atoms with Gasteiger partial charge in [0.05, 0.1) is 22.5 Å². The van der Waals surface area contributed by atoms with E-state index in [2.05, 4.69) is 4.74 Å². The van der Waals surface area contributed by atoms with Gasteiger partial charge in [-0.25, -0.2) is 8.42 Å². The SMILES string of the molecule is Cc1cccc(S(=O)(=O)N2C[C@H](CC(C)(C)C(=O)O)Oc3ccc(-c4ccccc4OC(F)(F)F)cc32)c1. The van der Waals surface area contributed by atoms with Crippen molar-refractivity contribution in [2.45, 2.75) is 44.6 Å². The first-order valence-electron chi connectivity index (χ1n) is 11.7. The van der Waals surface area contributed by atoms with Gasteiger partial charge >= 0.3 is 12.3 Å². The Morgan fingerprint density at radius 2 is 1.79 bits per heavy atom. The molecule has 0 saturated heterocycles. The highest BCUT2D eigenvalue weighted by Crippen LogP contribution is 2.43. The third-order valence-electron chi connectivity index (χ3n) is 6.21. The molecule has 1 heterocycles. The summed E-state index contributed by atoms with van der Waals surface area (Å²) in [6, 6.07) is 16.3. The van der Waals surface area contributed by atoms with Crippen LogP contribution in [0, 0.1) is 12.3 Å². The number of aliphatic carboxylic acids is 1. The van der Waals surface area contributed by atoms with Gasteiger partial charge in [-0.1, -0.05) is 36.4 Å². The fraction of sp³-hybridized carbons (Fsp3) is 0.296. The van der Waals surface area contributed by atoms with Crippen LogP contribution in [-0.4, -0.2) is 38.5 Å². The van der Waals surface area contributed by atoms with Gasteiger partial charge in [-0.3, -0.25) is 9.10 Å². The molecule has 0 unspecified atom stereocenters. The number of hydrogen-bond donors (Lipinski definition) is 1. The molecule has 0 fully saturated rings. The Hall–Kier alpha value is -3.73. The Balaban J connectivity index is 1.83. The number of alkyl halides is 3. The van der Waals surface area contributed by atoms with E-state index < -0.39 is 39.6 Å². The molecule has 0 bridgehead atoms. The van der Waals surface area contributed by atoms with Crippen LogP contribution < -0.4 is 13.8 Å². The number of aryl methyl sites for hydroxylation is 1. The number of ether oxygens (including phenoxy) is 2. The highest BCUT2D eigenvalue weighted by Gasteiger charge is 2.39. The second-order valence-electron chi connectivity index (χ2n) is 9.71. The topological polar surface area (TPSA) is 93.1 Å². The average molecular weight is 550 g/mol. The summed E-state index contributed by atoms with van der Waals surface area (Å²) in [6.45, 7) is 4.60. The van der Waals surface area contributed by atoms with Crippen molar-refractivity contribution in [1.29, 1.82) is 0 Å². The Kier molecular flexibility index (Phi) is 7.09. The summed E-state index contributed by atoms with van der Waals surface area (Å²) in [4.78, 5) is 11.8. The lowest BCUT2D eigenvalue weighted by Gasteiger charge is -2.38. The van der Waals surface area contributed by atoms with Gasteiger partial charge in [0, 0.05) is 12.0 Å². The molecule has 0 amide bonds. The number of hydrogen-bond acceptors (Lipinski definition) is 5. The van der Waals surface area contributed by atoms with Gasteiger partial charge in [0.25, 0.3) is 10.0 Å². The summed E-state index contributed by atoms with van der Waals surface area (Å²) >= 11 is 0. The van der Waals surface area contributed by atoms with Crippen molar-refractivity contribution in [3.05, 3.63) is 72.3 Å². The first-order valence-corrected chi connectivity index (χ1v) is 13.1. The molecule has 7 nitrogen and oxygen atoms in total. The Bertz CT molecular complexity index is 1470. The number of benzene rings is 3. The number of anilines is 1. The van der Waals surface area contributed by atoms with Gasteiger partial charge in [0.15, 0.2) is 0 Å². The van der Waals surface area contributed by atoms with Crippen molar-refractivity contribution in [1.82, 2.24) is 0 Å². The van der Waals surface area contributed by atoms with Gasteiger partial charge in [0.2, 0.25) is 0 Å². The van der Waals surface area contributed by atoms with Gasteiger partial charge in [-0.15, -0.1) is 13.2 Å². The average Bonchev–Trinajstić information content (AvgIpc) is 2.82. The van der Waals surface area contributed by atoms with Crippen molar-refractivity contribution in [3.8, 4) is 22.6 Å². The zero-order valence-electron chi connectivity index (χ0n) is 20.8. The summed E-state index contributed by atoms with van der Waals surface area (Å²) < 4.78 is 78.0. The zero-order valence-corrected chi connectivity index (χ0v) is 21.6. The quantitative estimate of drug-likeness (QED) is 0.388. The van der Waals surface area contributed by atoms with Crippen LogP contribution in [0.3, 0.4) is 0 Å². The normalized spacial score (nSPS) is 15.9. The molecule has 0 aliphatic carbocycles. The van der Waals surface area contributed by atoms with Gasteiger partial charge < -0.3 is 14.6 Å². The molecule has 0 radical (unpaired) electrons. The minimum Gasteiger partial charge on any atom is -0.486 e. The van der Waals surface area contributed by atoms with E-state index in [0.29, 0.717) is 0 Å². The molecule has 38 heavy (non-hydrogen) atoms. The summed E-state index contributed by atoms with van der Waals surface area (Å²) in [5, 5.41) is 9.59. The molecule has 11 heteroatoms. The molecule has 0 aromatic heterocycles. The number of nitrogens with zero attached hydrogens (tertiary/aromatic N) is 1. The van der Waals surface area contributed by atoms with Crippen LogP contribution in [-0.2, 0) is 14.8 Å². The smallest absolute Gasteiger partial charge is 0.486 e. The van der Waals surface area contributed by atoms with Gasteiger partial charge in [0.1, 0.15) is 17.6 Å². The van der Waals surface area contributed by atoms with Crippen LogP contribution in [0.5, 0.6) is 11.5 Å². The Morgan fingerprint density at radius 3 is 2.45 bits per heavy atom. The van der Waals surface area contributed by atoms with E-state index in [-0.39, 0.29) is 40.4 Å². The van der Waals surface area contributed by atoms with Crippen LogP contribution in [0.4, 0.5) is 18.9 Å². The van der Waals surface area contributed by atoms with E-state index in [1.54, 1.807) is 25.1 Å². The van der Waals surface area contributed by atoms with E-state index in [0.717, 1.165) is 9.87 Å². The maximum atomic E-state index is 13.8. The summed E-state index contributed by atoms with van der Waals surface area (Å²) in [7, 11) is -4.15. The Morgan fingerprint density at radius 1 is 1.08 bits per heavy atom. The number of halogens is 3. The molecule has 3 aromatic carbocycles. The molecule has 0 spiro atoms. The predicted molar refractivity (Wildman–Crippen MR) is 135 cm³/mol. The van der Waals surface area contributed by atoms with Crippen LogP contribution in [0.25, 0.3) is 11.1 Å². The zero-order chi connectivity index (χ0) is 27.9. The summed E-state index contributed by atoms with van der Waals surface area (Å²) in [5.41, 5.74) is 0.0234. The van der Waals surface area contributed by atoms with Crippen molar-refractivity contribution in [2.24, 2.45) is 5.41 Å². The van der Waals surface area contributed by atoms with E-state index in [9.17, 15) is 31.5 Å². The van der Waals surface area contributed by atoms with E-state index >= 15 is 0 Å². The number of carboxylic acid groups (broad SMARTS) is 1. The minimum atomic E-state index is -4.92. The molecule has 3 aromatic rings. The first-order chi connectivity index (χ1) is 17.7. The monoisotopic (exact) mass is 549 g/mol. The molecule has 1 aliphatic heterocycles. The van der Waals surface area contributed by atoms with Crippen LogP contribution in [0.15, 0.2) is 71.6 Å². The lowest BCUT2D eigenvalue weighted by Crippen LogP contribution is -2.46. The molecule has 4 rings (SSSR count). The van der Waals surface area contributed by atoms with E-state index in [4.69, 9.17) is 4.74 Å². The fourth-order valence-electron chi connectivity index (χ4n) is 4.29. The third kappa shape index (κ3) is 5.72. The standard InChI is InChI=1S/C27H26F3NO6S/c1-17-7-6-8-20(13-17)38(34,35)31-16-19(15-26(2,3)25(32)33)36-24-12-11-18(14-22(24)31)21-9-4-5-10-23(21)37-27(28,29)30/h4-14,19H,15-16H2,1-3H3,(H,32,33)/t19-/m0/s1. The predicted octanol–water partition coefficient (Wildman–Crippen LogP) is 6.02. The number of sulfonamides is 1. The van der Waals surface area contributed by atoms with Gasteiger partial charge in [-0.05, 0) is 62.2 Å². The highest BCUT2D eigenvalue weighted by atomic mass is 32.2. The molecule has 1 atom stereocenters. The van der Waals surface area contributed by atoms with E-state index in [1.807, 2.05) is 0 Å². The second kappa shape index (κ2) is 9.86. The number of rotatable bonds is 7. The maximum absolute atomic E-state index is 13.8. The lowest BCUT2D eigenvalue weighted by molar-refractivity contribution is -0.274. The molecule has 202 valence electrons. The Labute approximate surface area is 218 Å². The van der Waals surface area contributed by atoms with Crippen LogP contribution in [0.1, 0.15) is 25.8 Å². The van der Waals surface area contributed by atoms with Crippen molar-refractivity contribution in [2.75, 3.05) is 10.8 Å². The van der Waals surface area contributed by atoms with Crippen molar-refractivity contribution in [3.63, 3.8) is 0 Å². The third-order valence-corrected chi connectivity index (χ3v) is 7.98. The van der Waals surface area contributed by atoms with Crippen molar-refractivity contribution < 1.29 is 41.0 Å². The summed E-state index contributed by atoms with van der Waals surface area (Å²) in [6.07, 6.45) is -5.69. The molecular weight excluding hydrogens is 523 g/mol. The molecule has 1 N–H and O–H groups in total. The highest BCUT2D eigenvalue weighted by molar-refractivity contribution is 7.92. The molecule has 1 aliphatic rings. The molecule has 0 saturated carbocycles. The number of carbonyl (C=O) groups is 1. The number of para-hydroxylation sites is 1. The molecular formula is C27H26F3NO6S. The maximum Gasteiger partial charge on any atom is 0.573 e. The largest absolute Gasteiger partial charge is 0.573 e. The van der Waals surface area contributed by atoms with Crippen LogP contribution >= 0.6 is 0 Å².